The number of ether oxygens (including phenoxy) is 2. The van der Waals surface area contributed by atoms with Crippen molar-refractivity contribution in [2.75, 3.05) is 32.8 Å². The molecule has 1 saturated heterocycles. The van der Waals surface area contributed by atoms with Gasteiger partial charge in [-0.2, -0.15) is 4.31 Å². The van der Waals surface area contributed by atoms with E-state index in [-0.39, 0.29) is 35.6 Å². The molecule has 0 N–H and O–H groups in total. The molecule has 1 aromatic heterocycles. The Kier molecular flexibility index (Phi) is 6.43. The Hall–Kier alpha value is -2.59. The number of sulfonamides is 1. The Morgan fingerprint density at radius 3 is 2.56 bits per heavy atom. The van der Waals surface area contributed by atoms with Crippen LogP contribution in [0.15, 0.2) is 27.6 Å². The summed E-state index contributed by atoms with van der Waals surface area (Å²) in [6.07, 6.45) is 0.953. The van der Waals surface area contributed by atoms with Crippen molar-refractivity contribution in [3.8, 4) is 11.5 Å². The van der Waals surface area contributed by atoms with Crippen molar-refractivity contribution >= 4 is 15.9 Å². The highest BCUT2D eigenvalue weighted by molar-refractivity contribution is 7.89. The van der Waals surface area contributed by atoms with Crippen molar-refractivity contribution in [2.45, 2.75) is 45.1 Å². The van der Waals surface area contributed by atoms with Crippen LogP contribution in [0.2, 0.25) is 0 Å². The third kappa shape index (κ3) is 4.21. The number of nitrogens with zero attached hydrogens (tertiary/aromatic N) is 3. The van der Waals surface area contributed by atoms with E-state index >= 15 is 0 Å². The molecule has 2 aromatic rings. The molecule has 0 aliphatic carbocycles. The summed E-state index contributed by atoms with van der Waals surface area (Å²) < 4.78 is 44.0. The highest BCUT2D eigenvalue weighted by atomic mass is 32.2. The van der Waals surface area contributed by atoms with E-state index in [1.807, 2.05) is 25.1 Å². The van der Waals surface area contributed by atoms with Crippen LogP contribution in [-0.2, 0) is 21.4 Å². The second-order valence-corrected chi connectivity index (χ2v) is 10.0. The standard InChI is InChI=1S/C22H29N3O6S/c1-4-24(14-18-6-5-7-19-20(18)30-13-12-29-19)22(26)17-8-10-25(11-9-17)32(27,28)21-15(2)23-31-16(21)3/h5-7,17H,4,8-14H2,1-3H3. The number of piperidine rings is 1. The largest absolute Gasteiger partial charge is 0.486 e. The van der Waals surface area contributed by atoms with Crippen molar-refractivity contribution in [2.24, 2.45) is 5.92 Å². The number of aromatic nitrogens is 1. The van der Waals surface area contributed by atoms with E-state index in [4.69, 9.17) is 14.0 Å². The number of carbonyl (C=O) groups excluding carboxylic acids is 1. The lowest BCUT2D eigenvalue weighted by Gasteiger charge is -2.33. The fourth-order valence-electron chi connectivity index (χ4n) is 4.38. The molecule has 2 aliphatic heterocycles. The maximum Gasteiger partial charge on any atom is 0.248 e. The minimum atomic E-state index is -3.69. The summed E-state index contributed by atoms with van der Waals surface area (Å²) in [5.74, 6) is 1.51. The second-order valence-electron chi connectivity index (χ2n) is 8.13. The van der Waals surface area contributed by atoms with Gasteiger partial charge in [0.25, 0.3) is 0 Å². The van der Waals surface area contributed by atoms with E-state index in [1.165, 1.54) is 4.31 Å². The molecular weight excluding hydrogens is 434 g/mol. The van der Waals surface area contributed by atoms with Crippen LogP contribution >= 0.6 is 0 Å². The highest BCUT2D eigenvalue weighted by Crippen LogP contribution is 2.35. The quantitative estimate of drug-likeness (QED) is 0.649. The molecule has 3 heterocycles. The van der Waals surface area contributed by atoms with Gasteiger partial charge in [0.2, 0.25) is 15.9 Å². The lowest BCUT2D eigenvalue weighted by molar-refractivity contribution is -0.137. The van der Waals surface area contributed by atoms with Gasteiger partial charge in [-0.15, -0.1) is 0 Å². The zero-order valence-corrected chi connectivity index (χ0v) is 19.5. The fourth-order valence-corrected chi connectivity index (χ4v) is 6.14. The number of fused-ring (bicyclic) bond motifs is 1. The smallest absolute Gasteiger partial charge is 0.248 e. The molecule has 0 spiro atoms. The molecule has 10 heteroatoms. The molecule has 1 fully saturated rings. The lowest BCUT2D eigenvalue weighted by atomic mass is 9.96. The van der Waals surface area contributed by atoms with Crippen LogP contribution in [0.5, 0.6) is 11.5 Å². The van der Waals surface area contributed by atoms with Crippen molar-refractivity contribution in [3.05, 3.63) is 35.2 Å². The van der Waals surface area contributed by atoms with Gasteiger partial charge in [-0.25, -0.2) is 8.42 Å². The van der Waals surface area contributed by atoms with Crippen molar-refractivity contribution in [1.29, 1.82) is 0 Å². The lowest BCUT2D eigenvalue weighted by Crippen LogP contribution is -2.44. The first-order valence-electron chi connectivity index (χ1n) is 10.9. The van der Waals surface area contributed by atoms with Crippen LogP contribution in [-0.4, -0.2) is 61.5 Å². The zero-order chi connectivity index (χ0) is 22.9. The first-order valence-corrected chi connectivity index (χ1v) is 12.4. The minimum absolute atomic E-state index is 0.0382. The number of hydrogen-bond acceptors (Lipinski definition) is 7. The summed E-state index contributed by atoms with van der Waals surface area (Å²) in [5, 5.41) is 3.76. The predicted octanol–water partition coefficient (Wildman–Crippen LogP) is 2.51. The van der Waals surface area contributed by atoms with Crippen LogP contribution in [0.25, 0.3) is 0 Å². The molecule has 0 saturated carbocycles. The maximum atomic E-state index is 13.3. The summed E-state index contributed by atoms with van der Waals surface area (Å²) in [5.41, 5.74) is 1.27. The molecule has 2 aliphatic rings. The van der Waals surface area contributed by atoms with Gasteiger partial charge < -0.3 is 18.9 Å². The Morgan fingerprint density at radius 1 is 1.19 bits per heavy atom. The molecule has 9 nitrogen and oxygen atoms in total. The predicted molar refractivity (Wildman–Crippen MR) is 116 cm³/mol. The summed E-state index contributed by atoms with van der Waals surface area (Å²) in [4.78, 5) is 15.2. The molecule has 4 rings (SSSR count). The fraction of sp³-hybridized carbons (Fsp3) is 0.545. The van der Waals surface area contributed by atoms with Gasteiger partial charge in [0.15, 0.2) is 17.3 Å². The first-order chi connectivity index (χ1) is 15.3. The van der Waals surface area contributed by atoms with Crippen LogP contribution in [0, 0.1) is 19.8 Å². The van der Waals surface area contributed by atoms with E-state index < -0.39 is 10.0 Å². The Morgan fingerprint density at radius 2 is 1.91 bits per heavy atom. The molecule has 32 heavy (non-hydrogen) atoms. The minimum Gasteiger partial charge on any atom is -0.486 e. The van der Waals surface area contributed by atoms with Gasteiger partial charge in [0, 0.05) is 37.7 Å². The van der Waals surface area contributed by atoms with Gasteiger partial charge in [0.1, 0.15) is 23.8 Å². The van der Waals surface area contributed by atoms with Gasteiger partial charge in [-0.05, 0) is 39.7 Å². The Balaban J connectivity index is 1.42. The van der Waals surface area contributed by atoms with E-state index in [0.29, 0.717) is 56.3 Å². The number of aryl methyl sites for hydroxylation is 2. The number of rotatable bonds is 6. The van der Waals surface area contributed by atoms with E-state index in [0.717, 1.165) is 5.56 Å². The van der Waals surface area contributed by atoms with E-state index in [2.05, 4.69) is 5.16 Å². The summed E-state index contributed by atoms with van der Waals surface area (Å²) >= 11 is 0. The Bertz CT molecular complexity index is 1070. The monoisotopic (exact) mass is 463 g/mol. The van der Waals surface area contributed by atoms with Crippen molar-refractivity contribution in [1.82, 2.24) is 14.4 Å². The van der Waals surface area contributed by atoms with Crippen LogP contribution in [0.1, 0.15) is 36.8 Å². The maximum absolute atomic E-state index is 13.3. The number of para-hydroxylation sites is 1. The molecule has 1 aromatic carbocycles. The average molecular weight is 464 g/mol. The van der Waals surface area contributed by atoms with Gasteiger partial charge in [0.05, 0.1) is 0 Å². The zero-order valence-electron chi connectivity index (χ0n) is 18.7. The summed E-state index contributed by atoms with van der Waals surface area (Å²) in [6, 6.07) is 5.71. The summed E-state index contributed by atoms with van der Waals surface area (Å²) in [6.45, 7) is 7.73. The summed E-state index contributed by atoms with van der Waals surface area (Å²) in [7, 11) is -3.69. The van der Waals surface area contributed by atoms with Crippen LogP contribution in [0.4, 0.5) is 0 Å². The van der Waals surface area contributed by atoms with Gasteiger partial charge in [-0.1, -0.05) is 17.3 Å². The second kappa shape index (κ2) is 9.11. The SMILES string of the molecule is CCN(Cc1cccc2c1OCCO2)C(=O)C1CCN(S(=O)(=O)c2c(C)noc2C)CC1. The topological polar surface area (TPSA) is 102 Å². The molecule has 0 bridgehead atoms. The molecule has 0 unspecified atom stereocenters. The average Bonchev–Trinajstić information content (AvgIpc) is 3.15. The normalized spacial score (nSPS) is 17.3. The third-order valence-corrected chi connectivity index (χ3v) is 8.22. The van der Waals surface area contributed by atoms with Gasteiger partial charge >= 0.3 is 0 Å². The molecule has 0 radical (unpaired) electrons. The third-order valence-electron chi connectivity index (χ3n) is 6.07. The van der Waals surface area contributed by atoms with E-state index in [9.17, 15) is 13.2 Å². The Labute approximate surface area is 188 Å². The highest BCUT2D eigenvalue weighted by Gasteiger charge is 2.36. The molecule has 174 valence electrons. The number of carbonyl (C=O) groups is 1. The number of benzene rings is 1. The molecular formula is C22H29N3O6S. The molecule has 0 atom stereocenters. The van der Waals surface area contributed by atoms with E-state index in [1.54, 1.807) is 18.7 Å². The van der Waals surface area contributed by atoms with Crippen LogP contribution < -0.4 is 9.47 Å². The first kappa shape index (κ1) is 22.6. The van der Waals surface area contributed by atoms with Gasteiger partial charge in [-0.3, -0.25) is 4.79 Å². The number of hydrogen-bond donors (Lipinski definition) is 0. The molecule has 1 amide bonds. The van der Waals surface area contributed by atoms with Crippen LogP contribution in [0.3, 0.4) is 0 Å². The number of amides is 1. The van der Waals surface area contributed by atoms with Crippen molar-refractivity contribution in [3.63, 3.8) is 0 Å². The van der Waals surface area contributed by atoms with Crippen molar-refractivity contribution < 1.29 is 27.2 Å².